The molecule has 1 aliphatic carbocycles. The van der Waals surface area contributed by atoms with Gasteiger partial charge in [-0.25, -0.2) is 13.6 Å². The van der Waals surface area contributed by atoms with E-state index in [1.807, 2.05) is 0 Å². The van der Waals surface area contributed by atoms with Crippen LogP contribution in [-0.4, -0.2) is 41.8 Å². The number of piperidine rings is 1. The number of benzene rings is 1. The molecule has 6 heteroatoms. The fourth-order valence-electron chi connectivity index (χ4n) is 3.68. The topological polar surface area (TPSA) is 52.6 Å². The fourth-order valence-corrected chi connectivity index (χ4v) is 3.68. The second-order valence-electron chi connectivity index (χ2n) is 6.92. The van der Waals surface area contributed by atoms with E-state index in [0.29, 0.717) is 25.1 Å². The van der Waals surface area contributed by atoms with Crippen molar-refractivity contribution in [2.24, 2.45) is 0 Å². The number of hydrogen-bond donors (Lipinski definition) is 2. The maximum absolute atomic E-state index is 14.0. The maximum atomic E-state index is 14.0. The van der Waals surface area contributed by atoms with Crippen LogP contribution in [0.25, 0.3) is 0 Å². The van der Waals surface area contributed by atoms with Gasteiger partial charge < -0.3 is 15.3 Å². The van der Waals surface area contributed by atoms with E-state index in [1.54, 1.807) is 4.90 Å². The van der Waals surface area contributed by atoms with Crippen molar-refractivity contribution in [3.8, 4) is 0 Å². The number of aliphatic hydroxyl groups excluding tert-OH is 1. The second-order valence-corrected chi connectivity index (χ2v) is 6.92. The normalized spacial score (nSPS) is 22.3. The number of carbonyl (C=O) groups excluding carboxylic acids is 1. The molecule has 0 bridgehead atoms. The molecule has 2 amide bonds. The second kappa shape index (κ2) is 7.05. The van der Waals surface area contributed by atoms with Gasteiger partial charge in [-0.05, 0) is 50.2 Å². The molecule has 0 spiro atoms. The first-order valence-electron chi connectivity index (χ1n) is 8.67. The molecule has 2 aliphatic rings. The van der Waals surface area contributed by atoms with Crippen LogP contribution in [0.2, 0.25) is 0 Å². The Labute approximate surface area is 140 Å². The zero-order chi connectivity index (χ0) is 17.2. The third-order valence-corrected chi connectivity index (χ3v) is 5.28. The lowest BCUT2D eigenvalue weighted by Crippen LogP contribution is -2.50. The molecule has 4 nitrogen and oxygen atoms in total. The lowest BCUT2D eigenvalue weighted by atomic mass is 9.95. The molecule has 1 aliphatic heterocycles. The third-order valence-electron chi connectivity index (χ3n) is 5.28. The zero-order valence-corrected chi connectivity index (χ0v) is 13.7. The van der Waals surface area contributed by atoms with Crippen LogP contribution >= 0.6 is 0 Å². The number of nitrogens with one attached hydrogen (secondary N) is 1. The number of aliphatic hydroxyl groups is 1. The van der Waals surface area contributed by atoms with Gasteiger partial charge in [0.1, 0.15) is 11.6 Å². The first-order valence-corrected chi connectivity index (χ1v) is 8.67. The van der Waals surface area contributed by atoms with Crippen LogP contribution in [0.3, 0.4) is 0 Å². The summed E-state index contributed by atoms with van der Waals surface area (Å²) in [5, 5.41) is 12.1. The number of rotatable bonds is 5. The summed E-state index contributed by atoms with van der Waals surface area (Å²) in [5.41, 5.74) is 0.0742. The molecule has 0 aromatic heterocycles. The predicted octanol–water partition coefficient (Wildman–Crippen LogP) is 2.94. The number of likely N-dealkylation sites (tertiary alicyclic amines) is 1. The van der Waals surface area contributed by atoms with Crippen LogP contribution in [-0.2, 0) is 5.41 Å². The van der Waals surface area contributed by atoms with Gasteiger partial charge in [-0.2, -0.15) is 0 Å². The molecule has 1 saturated heterocycles. The van der Waals surface area contributed by atoms with Gasteiger partial charge in [0.2, 0.25) is 0 Å². The molecule has 0 radical (unpaired) electrons. The quantitative estimate of drug-likeness (QED) is 0.867. The third kappa shape index (κ3) is 3.53. The fraction of sp³-hybridized carbons (Fsp3) is 0.611. The number of carbonyl (C=O) groups is 1. The Morgan fingerprint density at radius 2 is 2.12 bits per heavy atom. The van der Waals surface area contributed by atoms with Gasteiger partial charge in [0.15, 0.2) is 0 Å². The number of amides is 2. The smallest absolute Gasteiger partial charge is 0.317 e. The lowest BCUT2D eigenvalue weighted by molar-refractivity contribution is 0.131. The van der Waals surface area contributed by atoms with Crippen molar-refractivity contribution in [3.63, 3.8) is 0 Å². The van der Waals surface area contributed by atoms with Crippen molar-refractivity contribution in [2.45, 2.75) is 50.0 Å². The molecule has 1 aromatic rings. The number of urea groups is 1. The standard InChI is InChI=1S/C18H24F2N2O2/c19-13-4-5-15(16(20)11-13)18(7-8-18)12-21-17(24)22-9-2-1-3-14(22)6-10-23/h4-5,11,14,23H,1-3,6-10,12H2,(H,21,24). The SMILES string of the molecule is O=C(NCC1(c2ccc(F)cc2F)CC1)N1CCCCC1CCO. The van der Waals surface area contributed by atoms with Gasteiger partial charge in [0.25, 0.3) is 0 Å². The summed E-state index contributed by atoms with van der Waals surface area (Å²) in [6.45, 7) is 1.12. The first kappa shape index (κ1) is 17.1. The number of nitrogens with zero attached hydrogens (tertiary/aromatic N) is 1. The van der Waals surface area contributed by atoms with Gasteiger partial charge in [-0.1, -0.05) is 6.07 Å². The van der Waals surface area contributed by atoms with E-state index in [-0.39, 0.29) is 18.7 Å². The van der Waals surface area contributed by atoms with Crippen molar-refractivity contribution >= 4 is 6.03 Å². The minimum absolute atomic E-state index is 0.0686. The lowest BCUT2D eigenvalue weighted by Gasteiger charge is -2.36. The first-order chi connectivity index (χ1) is 11.6. The van der Waals surface area contributed by atoms with Gasteiger partial charge in [0.05, 0.1) is 0 Å². The average molecular weight is 338 g/mol. The van der Waals surface area contributed by atoms with Crippen molar-refractivity contribution in [3.05, 3.63) is 35.4 Å². The van der Waals surface area contributed by atoms with Gasteiger partial charge >= 0.3 is 6.03 Å². The van der Waals surface area contributed by atoms with Crippen molar-refractivity contribution in [2.75, 3.05) is 19.7 Å². The highest BCUT2D eigenvalue weighted by Gasteiger charge is 2.46. The molecule has 1 unspecified atom stereocenters. The molecule has 132 valence electrons. The van der Waals surface area contributed by atoms with Crippen molar-refractivity contribution in [1.29, 1.82) is 0 Å². The summed E-state index contributed by atoms with van der Waals surface area (Å²) in [4.78, 5) is 14.3. The molecular formula is C18H24F2N2O2. The molecular weight excluding hydrogens is 314 g/mol. The van der Waals surface area contributed by atoms with Crippen molar-refractivity contribution in [1.82, 2.24) is 10.2 Å². The van der Waals surface area contributed by atoms with Crippen LogP contribution in [0.15, 0.2) is 18.2 Å². The maximum Gasteiger partial charge on any atom is 0.317 e. The number of halogens is 2. The Kier molecular flexibility index (Phi) is 5.04. The molecule has 1 aromatic carbocycles. The minimum atomic E-state index is -0.587. The summed E-state index contributed by atoms with van der Waals surface area (Å²) in [7, 11) is 0. The highest BCUT2D eigenvalue weighted by Crippen LogP contribution is 2.48. The number of hydrogen-bond acceptors (Lipinski definition) is 2. The van der Waals surface area contributed by atoms with E-state index in [4.69, 9.17) is 5.11 Å². The van der Waals surface area contributed by atoms with Crippen LogP contribution in [0.1, 0.15) is 44.1 Å². The Balaban J connectivity index is 1.63. The largest absolute Gasteiger partial charge is 0.396 e. The summed E-state index contributed by atoms with van der Waals surface area (Å²) in [6.07, 6.45) is 5.11. The van der Waals surface area contributed by atoms with Gasteiger partial charge in [-0.15, -0.1) is 0 Å². The van der Waals surface area contributed by atoms with E-state index in [9.17, 15) is 13.6 Å². The van der Waals surface area contributed by atoms with Crippen LogP contribution < -0.4 is 5.32 Å². The van der Waals surface area contributed by atoms with E-state index in [0.717, 1.165) is 38.2 Å². The minimum Gasteiger partial charge on any atom is -0.396 e. The van der Waals surface area contributed by atoms with Crippen LogP contribution in [0.4, 0.5) is 13.6 Å². The van der Waals surface area contributed by atoms with Gasteiger partial charge in [0, 0.05) is 37.2 Å². The summed E-state index contributed by atoms with van der Waals surface area (Å²) in [5.74, 6) is -1.13. The van der Waals surface area contributed by atoms with Crippen LogP contribution in [0.5, 0.6) is 0 Å². The molecule has 1 atom stereocenters. The van der Waals surface area contributed by atoms with E-state index < -0.39 is 17.0 Å². The van der Waals surface area contributed by atoms with E-state index in [2.05, 4.69) is 5.32 Å². The van der Waals surface area contributed by atoms with E-state index >= 15 is 0 Å². The molecule has 2 fully saturated rings. The average Bonchev–Trinajstić information content (AvgIpc) is 3.34. The Morgan fingerprint density at radius 1 is 1.33 bits per heavy atom. The summed E-state index contributed by atoms with van der Waals surface area (Å²) < 4.78 is 27.1. The molecule has 24 heavy (non-hydrogen) atoms. The highest BCUT2D eigenvalue weighted by atomic mass is 19.1. The Hall–Kier alpha value is -1.69. The Bertz CT molecular complexity index is 603. The zero-order valence-electron chi connectivity index (χ0n) is 13.7. The van der Waals surface area contributed by atoms with Crippen molar-refractivity contribution < 1.29 is 18.7 Å². The molecule has 3 rings (SSSR count). The van der Waals surface area contributed by atoms with Gasteiger partial charge in [-0.3, -0.25) is 0 Å². The highest BCUT2D eigenvalue weighted by molar-refractivity contribution is 5.75. The predicted molar refractivity (Wildman–Crippen MR) is 86.7 cm³/mol. The van der Waals surface area contributed by atoms with Crippen LogP contribution in [0, 0.1) is 11.6 Å². The summed E-state index contributed by atoms with van der Waals surface area (Å²) in [6, 6.07) is 3.57. The molecule has 1 saturated carbocycles. The molecule has 1 heterocycles. The van der Waals surface area contributed by atoms with E-state index in [1.165, 1.54) is 12.1 Å². The Morgan fingerprint density at radius 3 is 2.79 bits per heavy atom. The molecule has 2 N–H and O–H groups in total. The summed E-state index contributed by atoms with van der Waals surface area (Å²) >= 11 is 0. The monoisotopic (exact) mass is 338 g/mol.